The van der Waals surface area contributed by atoms with Gasteiger partial charge in [-0.05, 0) is 30.4 Å². The number of hydrogen-bond donors (Lipinski definition) is 1. The molecule has 1 atom stereocenters. The van der Waals surface area contributed by atoms with Gasteiger partial charge in [0.15, 0.2) is 0 Å². The van der Waals surface area contributed by atoms with Crippen LogP contribution in [0, 0.1) is 5.92 Å². The second-order valence-corrected chi connectivity index (χ2v) is 6.26. The van der Waals surface area contributed by atoms with Crippen LogP contribution in [-0.4, -0.2) is 28.6 Å². The molecule has 1 aliphatic rings. The average Bonchev–Trinajstić information content (AvgIpc) is 2.96. The third-order valence-electron chi connectivity index (χ3n) is 4.55. The van der Waals surface area contributed by atoms with Crippen LogP contribution < -0.4 is 10.1 Å². The molecule has 3 rings (SSSR count). The number of para-hydroxylation sites is 1. The van der Waals surface area contributed by atoms with E-state index in [1.807, 2.05) is 24.4 Å². The third kappa shape index (κ3) is 4.16. The van der Waals surface area contributed by atoms with Gasteiger partial charge in [0.2, 0.25) is 5.91 Å². The molecule has 2 heterocycles. The number of rotatable bonds is 6. The largest absolute Gasteiger partial charge is 0.493 e. The van der Waals surface area contributed by atoms with Gasteiger partial charge in [0.25, 0.3) is 0 Å². The third-order valence-corrected chi connectivity index (χ3v) is 4.55. The number of carbonyl (C=O) groups excluding carboxylic acids is 1. The normalized spacial score (nSPS) is 16.8. The lowest BCUT2D eigenvalue weighted by Crippen LogP contribution is -2.31. The van der Waals surface area contributed by atoms with Crippen molar-refractivity contribution in [3.63, 3.8) is 0 Å². The van der Waals surface area contributed by atoms with Crippen molar-refractivity contribution in [1.29, 1.82) is 0 Å². The first-order valence-electron chi connectivity index (χ1n) is 8.73. The lowest BCUT2D eigenvalue weighted by atomic mass is 9.97. The quantitative estimate of drug-likeness (QED) is 0.887. The fourth-order valence-electron chi connectivity index (χ4n) is 3.16. The van der Waals surface area contributed by atoms with Gasteiger partial charge in [-0.15, -0.1) is 0 Å². The summed E-state index contributed by atoms with van der Waals surface area (Å²) >= 11 is 0. The van der Waals surface area contributed by atoms with Gasteiger partial charge >= 0.3 is 0 Å². The molecule has 0 fully saturated rings. The molecule has 0 bridgehead atoms. The van der Waals surface area contributed by atoms with E-state index in [0.717, 1.165) is 30.8 Å². The van der Waals surface area contributed by atoms with Gasteiger partial charge in [-0.25, -0.2) is 4.98 Å². The molecular formula is C19H25N3O2. The number of carbonyl (C=O) groups is 1. The smallest absolute Gasteiger partial charge is 0.221 e. The Balaban J connectivity index is 1.46. The maximum atomic E-state index is 12.1. The highest BCUT2D eigenvalue weighted by molar-refractivity contribution is 5.75. The lowest BCUT2D eigenvalue weighted by Gasteiger charge is -2.15. The van der Waals surface area contributed by atoms with Crippen LogP contribution in [0.4, 0.5) is 0 Å². The molecule has 1 N–H and O–H groups in total. The summed E-state index contributed by atoms with van der Waals surface area (Å²) in [5.41, 5.74) is 1.24. The molecule has 0 spiro atoms. The van der Waals surface area contributed by atoms with Crippen LogP contribution in [0.5, 0.6) is 5.75 Å². The summed E-state index contributed by atoms with van der Waals surface area (Å²) in [5.74, 6) is 2.54. The van der Waals surface area contributed by atoms with Crippen LogP contribution in [0.2, 0.25) is 0 Å². The summed E-state index contributed by atoms with van der Waals surface area (Å²) in [4.78, 5) is 16.4. The average molecular weight is 327 g/mol. The van der Waals surface area contributed by atoms with E-state index in [1.165, 1.54) is 5.56 Å². The van der Waals surface area contributed by atoms with Crippen LogP contribution in [0.25, 0.3) is 0 Å². The summed E-state index contributed by atoms with van der Waals surface area (Å²) in [6, 6.07) is 8.18. The SMILES string of the molecule is CCc1nccn1CCC(=O)NCC1CCOc2ccccc2C1. The Hall–Kier alpha value is -2.30. The topological polar surface area (TPSA) is 56.2 Å². The van der Waals surface area contributed by atoms with Crippen molar-refractivity contribution in [2.45, 2.75) is 39.2 Å². The predicted molar refractivity (Wildman–Crippen MR) is 93.0 cm³/mol. The maximum Gasteiger partial charge on any atom is 0.221 e. The van der Waals surface area contributed by atoms with Gasteiger partial charge in [0, 0.05) is 38.3 Å². The second kappa shape index (κ2) is 7.99. The van der Waals surface area contributed by atoms with E-state index in [1.54, 1.807) is 6.20 Å². The van der Waals surface area contributed by atoms with Crippen LogP contribution in [-0.2, 0) is 24.2 Å². The zero-order chi connectivity index (χ0) is 16.8. The summed E-state index contributed by atoms with van der Waals surface area (Å²) in [7, 11) is 0. The molecule has 1 amide bonds. The summed E-state index contributed by atoms with van der Waals surface area (Å²) in [5, 5.41) is 3.08. The summed E-state index contributed by atoms with van der Waals surface area (Å²) in [6.07, 6.45) is 7.03. The van der Waals surface area contributed by atoms with Crippen LogP contribution in [0.15, 0.2) is 36.7 Å². The molecule has 0 saturated heterocycles. The first-order chi connectivity index (χ1) is 11.8. The van der Waals surface area contributed by atoms with Gasteiger partial charge in [-0.3, -0.25) is 4.79 Å². The highest BCUT2D eigenvalue weighted by Gasteiger charge is 2.18. The Morgan fingerprint density at radius 2 is 2.29 bits per heavy atom. The maximum absolute atomic E-state index is 12.1. The zero-order valence-corrected chi connectivity index (χ0v) is 14.2. The number of benzene rings is 1. The van der Waals surface area contributed by atoms with Gasteiger partial charge in [-0.1, -0.05) is 25.1 Å². The standard InChI is InChI=1S/C19H25N3O2/c1-2-18-20-9-11-22(18)10-7-19(23)21-14-15-8-12-24-17-6-4-3-5-16(17)13-15/h3-6,9,11,15H,2,7-8,10,12-14H2,1H3,(H,21,23). The Labute approximate surface area is 143 Å². The predicted octanol–water partition coefficient (Wildman–Crippen LogP) is 2.59. The minimum absolute atomic E-state index is 0.101. The minimum atomic E-state index is 0.101. The first kappa shape index (κ1) is 16.6. The van der Waals surface area contributed by atoms with Crippen molar-refractivity contribution in [2.75, 3.05) is 13.2 Å². The number of ether oxygens (including phenoxy) is 1. The van der Waals surface area contributed by atoms with Crippen molar-refractivity contribution in [1.82, 2.24) is 14.9 Å². The summed E-state index contributed by atoms with van der Waals surface area (Å²) in [6.45, 7) is 4.18. The van der Waals surface area contributed by atoms with E-state index in [0.29, 0.717) is 32.0 Å². The lowest BCUT2D eigenvalue weighted by molar-refractivity contribution is -0.121. The van der Waals surface area contributed by atoms with Crippen molar-refractivity contribution < 1.29 is 9.53 Å². The van der Waals surface area contributed by atoms with Crippen LogP contribution in [0.3, 0.4) is 0 Å². The molecule has 1 unspecified atom stereocenters. The summed E-state index contributed by atoms with van der Waals surface area (Å²) < 4.78 is 7.84. The van der Waals surface area contributed by atoms with Gasteiger partial charge in [-0.2, -0.15) is 0 Å². The molecule has 1 aliphatic heterocycles. The molecule has 5 heteroatoms. The first-order valence-corrected chi connectivity index (χ1v) is 8.73. The Kier molecular flexibility index (Phi) is 5.51. The molecule has 0 radical (unpaired) electrons. The Bertz CT molecular complexity index is 681. The van der Waals surface area contributed by atoms with E-state index in [-0.39, 0.29) is 5.91 Å². The molecule has 0 aliphatic carbocycles. The molecule has 1 aromatic heterocycles. The fraction of sp³-hybridized carbons (Fsp3) is 0.474. The van der Waals surface area contributed by atoms with E-state index in [2.05, 4.69) is 27.9 Å². The van der Waals surface area contributed by atoms with Crippen molar-refractivity contribution in [2.24, 2.45) is 5.92 Å². The molecule has 2 aromatic rings. The van der Waals surface area contributed by atoms with Crippen molar-refractivity contribution in [3.05, 3.63) is 48.0 Å². The van der Waals surface area contributed by atoms with Crippen LogP contribution >= 0.6 is 0 Å². The highest BCUT2D eigenvalue weighted by atomic mass is 16.5. The Morgan fingerprint density at radius 1 is 1.42 bits per heavy atom. The number of nitrogens with zero attached hydrogens (tertiary/aromatic N) is 2. The number of aryl methyl sites for hydroxylation is 2. The monoisotopic (exact) mass is 327 g/mol. The molecule has 128 valence electrons. The number of hydrogen-bond acceptors (Lipinski definition) is 3. The van der Waals surface area contributed by atoms with Gasteiger partial charge < -0.3 is 14.6 Å². The highest BCUT2D eigenvalue weighted by Crippen LogP contribution is 2.26. The number of amides is 1. The number of imidazole rings is 1. The van der Waals surface area contributed by atoms with Gasteiger partial charge in [0.05, 0.1) is 6.61 Å². The number of nitrogens with one attached hydrogen (secondary N) is 1. The van der Waals surface area contributed by atoms with E-state index in [4.69, 9.17) is 4.74 Å². The fourth-order valence-corrected chi connectivity index (χ4v) is 3.16. The minimum Gasteiger partial charge on any atom is -0.493 e. The Morgan fingerprint density at radius 3 is 3.17 bits per heavy atom. The molecule has 5 nitrogen and oxygen atoms in total. The van der Waals surface area contributed by atoms with Gasteiger partial charge in [0.1, 0.15) is 11.6 Å². The van der Waals surface area contributed by atoms with Crippen LogP contribution in [0.1, 0.15) is 31.2 Å². The molecule has 24 heavy (non-hydrogen) atoms. The zero-order valence-electron chi connectivity index (χ0n) is 14.2. The van der Waals surface area contributed by atoms with Crippen molar-refractivity contribution in [3.8, 4) is 5.75 Å². The molecule has 0 saturated carbocycles. The second-order valence-electron chi connectivity index (χ2n) is 6.26. The van der Waals surface area contributed by atoms with E-state index >= 15 is 0 Å². The van der Waals surface area contributed by atoms with E-state index in [9.17, 15) is 4.79 Å². The van der Waals surface area contributed by atoms with E-state index < -0.39 is 0 Å². The van der Waals surface area contributed by atoms with Crippen molar-refractivity contribution >= 4 is 5.91 Å². The number of aromatic nitrogens is 2. The number of fused-ring (bicyclic) bond motifs is 1. The molecular weight excluding hydrogens is 302 g/mol. The molecule has 1 aromatic carbocycles.